The standard InChI is InChI=1S/C29H34N2O4S.2C2H6/c1-19-13-28(34-5)29(35-36(32)22-9-7-6-8-10-22)25-18-31-12-11-20-14-21(17-30(2)3)27(33-4)16-24(20)26(31)15-23(19)25;2*1-2/h6-10,13-14,16,26H,11-12,15,17-18H2,1-5H3;2*1-2H3. The third kappa shape index (κ3) is 6.70. The summed E-state index contributed by atoms with van der Waals surface area (Å²) in [7, 11) is 7.56. The Morgan fingerprint density at radius 2 is 1.62 bits per heavy atom. The molecule has 7 heteroatoms. The fraction of sp³-hybridized carbons (Fsp3) is 0.455. The SMILES string of the molecule is CC.CC.COc1cc2c(cc1CN(C)C)CCN1Cc3c(c(C)cc(OC)c3OS(=O)c3ccccc3)CC21. The molecule has 0 aromatic heterocycles. The number of nitrogens with zero attached hydrogens (tertiary/aromatic N) is 2. The largest absolute Gasteiger partial charge is 0.496 e. The summed E-state index contributed by atoms with van der Waals surface area (Å²) in [4.78, 5) is 5.32. The predicted molar refractivity (Wildman–Crippen MR) is 165 cm³/mol. The van der Waals surface area contributed by atoms with Crippen LogP contribution in [-0.2, 0) is 37.0 Å². The molecule has 2 unspecified atom stereocenters. The Hall–Kier alpha value is -2.87. The van der Waals surface area contributed by atoms with Crippen molar-refractivity contribution in [1.82, 2.24) is 9.80 Å². The first-order valence-electron chi connectivity index (χ1n) is 14.3. The number of hydrogen-bond donors (Lipinski definition) is 0. The molecule has 2 aliphatic heterocycles. The van der Waals surface area contributed by atoms with Crippen molar-refractivity contribution < 1.29 is 17.9 Å². The summed E-state index contributed by atoms with van der Waals surface area (Å²) >= 11 is -1.63. The molecule has 0 saturated carbocycles. The van der Waals surface area contributed by atoms with Crippen molar-refractivity contribution in [3.8, 4) is 17.2 Å². The Kier molecular flexibility index (Phi) is 11.6. The Bertz CT molecular complexity index is 1290. The van der Waals surface area contributed by atoms with Crippen molar-refractivity contribution >= 4 is 11.1 Å². The first-order chi connectivity index (χ1) is 19.4. The molecule has 0 N–H and O–H groups in total. The second-order valence-corrected chi connectivity index (χ2v) is 11.0. The van der Waals surface area contributed by atoms with Gasteiger partial charge in [-0.05, 0) is 80.4 Å². The maximum absolute atomic E-state index is 13.1. The second-order valence-electron chi connectivity index (χ2n) is 9.85. The molecule has 218 valence electrons. The molecule has 0 amide bonds. The molecule has 3 aromatic carbocycles. The quantitative estimate of drug-likeness (QED) is 0.311. The van der Waals surface area contributed by atoms with Crippen LogP contribution >= 0.6 is 0 Å². The molecule has 2 heterocycles. The van der Waals surface area contributed by atoms with E-state index in [1.807, 2.05) is 64.1 Å². The van der Waals surface area contributed by atoms with Gasteiger partial charge in [0, 0.05) is 36.8 Å². The highest BCUT2D eigenvalue weighted by molar-refractivity contribution is 7.80. The lowest BCUT2D eigenvalue weighted by molar-refractivity contribution is 0.158. The summed E-state index contributed by atoms with van der Waals surface area (Å²) in [5.74, 6) is 2.16. The van der Waals surface area contributed by atoms with E-state index in [1.165, 1.54) is 27.8 Å². The van der Waals surface area contributed by atoms with Gasteiger partial charge in [0.1, 0.15) is 5.75 Å². The first kappa shape index (κ1) is 31.7. The fourth-order valence-electron chi connectivity index (χ4n) is 5.54. The fourth-order valence-corrected chi connectivity index (χ4v) is 6.35. The summed E-state index contributed by atoms with van der Waals surface area (Å²) in [5, 5.41) is 0. The van der Waals surface area contributed by atoms with E-state index in [-0.39, 0.29) is 6.04 Å². The molecule has 0 aliphatic carbocycles. The molecule has 6 nitrogen and oxygen atoms in total. The lowest BCUT2D eigenvalue weighted by atomic mass is 9.81. The van der Waals surface area contributed by atoms with E-state index < -0.39 is 11.1 Å². The predicted octanol–water partition coefficient (Wildman–Crippen LogP) is 6.88. The topological polar surface area (TPSA) is 51.2 Å². The maximum Gasteiger partial charge on any atom is 0.240 e. The second kappa shape index (κ2) is 14.7. The number of fused-ring (bicyclic) bond motifs is 4. The Balaban J connectivity index is 0.00000106. The van der Waals surface area contributed by atoms with Gasteiger partial charge in [-0.3, -0.25) is 4.90 Å². The van der Waals surface area contributed by atoms with Crippen molar-refractivity contribution in [2.24, 2.45) is 0 Å². The molecular weight excluding hydrogens is 520 g/mol. The third-order valence-electron chi connectivity index (χ3n) is 7.26. The summed E-state index contributed by atoms with van der Waals surface area (Å²) < 4.78 is 30.7. The Labute approximate surface area is 243 Å². The summed E-state index contributed by atoms with van der Waals surface area (Å²) in [6, 6.07) is 16.1. The van der Waals surface area contributed by atoms with Crippen molar-refractivity contribution in [1.29, 1.82) is 0 Å². The average Bonchev–Trinajstić information content (AvgIpc) is 2.99. The Morgan fingerprint density at radius 1 is 0.950 bits per heavy atom. The number of aryl methyl sites for hydroxylation is 1. The molecule has 0 bridgehead atoms. The third-order valence-corrected chi connectivity index (χ3v) is 8.23. The normalized spacial score (nSPS) is 16.2. The van der Waals surface area contributed by atoms with Crippen LogP contribution < -0.4 is 13.7 Å². The van der Waals surface area contributed by atoms with Crippen molar-refractivity contribution in [3.05, 3.63) is 81.9 Å². The lowest BCUT2D eigenvalue weighted by Crippen LogP contribution is -2.40. The molecule has 5 rings (SSSR count). The number of ether oxygens (including phenoxy) is 2. The smallest absolute Gasteiger partial charge is 0.240 e. The van der Waals surface area contributed by atoms with Gasteiger partial charge in [0.2, 0.25) is 11.1 Å². The zero-order chi connectivity index (χ0) is 29.4. The summed E-state index contributed by atoms with van der Waals surface area (Å²) in [6.45, 7) is 12.7. The minimum absolute atomic E-state index is 0.267. The van der Waals surface area contributed by atoms with E-state index in [0.717, 1.165) is 43.8 Å². The van der Waals surface area contributed by atoms with Gasteiger partial charge in [0.25, 0.3) is 0 Å². The van der Waals surface area contributed by atoms with Crippen molar-refractivity contribution in [2.45, 2.75) is 71.5 Å². The number of benzene rings is 3. The summed E-state index contributed by atoms with van der Waals surface area (Å²) in [6.07, 6.45) is 1.85. The highest BCUT2D eigenvalue weighted by Gasteiger charge is 2.36. The Morgan fingerprint density at radius 3 is 2.25 bits per heavy atom. The van der Waals surface area contributed by atoms with Crippen LogP contribution in [0.25, 0.3) is 0 Å². The lowest BCUT2D eigenvalue weighted by Gasteiger charge is -2.42. The van der Waals surface area contributed by atoms with Crippen LogP contribution in [0.1, 0.15) is 67.1 Å². The summed E-state index contributed by atoms with van der Waals surface area (Å²) in [5.41, 5.74) is 7.48. The van der Waals surface area contributed by atoms with E-state index in [2.05, 4.69) is 43.0 Å². The van der Waals surface area contributed by atoms with Gasteiger partial charge in [0.15, 0.2) is 11.5 Å². The van der Waals surface area contributed by atoms with E-state index in [9.17, 15) is 4.21 Å². The van der Waals surface area contributed by atoms with Gasteiger partial charge in [-0.1, -0.05) is 52.0 Å². The van der Waals surface area contributed by atoms with Crippen LogP contribution in [0.15, 0.2) is 53.4 Å². The van der Waals surface area contributed by atoms with Crippen LogP contribution in [-0.4, -0.2) is 48.9 Å². The zero-order valence-corrected chi connectivity index (χ0v) is 26.5. The van der Waals surface area contributed by atoms with Gasteiger partial charge in [-0.2, -0.15) is 0 Å². The molecule has 3 aromatic rings. The van der Waals surface area contributed by atoms with E-state index in [1.54, 1.807) is 14.2 Å². The number of methoxy groups -OCH3 is 2. The van der Waals surface area contributed by atoms with Crippen molar-refractivity contribution in [2.75, 3.05) is 34.9 Å². The highest BCUT2D eigenvalue weighted by Crippen LogP contribution is 2.46. The van der Waals surface area contributed by atoms with Gasteiger partial charge in [0.05, 0.1) is 19.1 Å². The van der Waals surface area contributed by atoms with E-state index in [0.29, 0.717) is 16.4 Å². The van der Waals surface area contributed by atoms with E-state index >= 15 is 0 Å². The van der Waals surface area contributed by atoms with Gasteiger partial charge < -0.3 is 18.6 Å². The molecular formula is C33H46N2O4S. The monoisotopic (exact) mass is 566 g/mol. The van der Waals surface area contributed by atoms with Crippen LogP contribution in [0.5, 0.6) is 17.2 Å². The van der Waals surface area contributed by atoms with Crippen LogP contribution in [0.3, 0.4) is 0 Å². The van der Waals surface area contributed by atoms with Gasteiger partial charge >= 0.3 is 0 Å². The molecule has 40 heavy (non-hydrogen) atoms. The molecule has 0 saturated heterocycles. The van der Waals surface area contributed by atoms with Gasteiger partial charge in [-0.15, -0.1) is 0 Å². The van der Waals surface area contributed by atoms with E-state index in [4.69, 9.17) is 13.7 Å². The zero-order valence-electron chi connectivity index (χ0n) is 25.7. The highest BCUT2D eigenvalue weighted by atomic mass is 32.2. The minimum Gasteiger partial charge on any atom is -0.496 e. The van der Waals surface area contributed by atoms with Crippen molar-refractivity contribution in [3.63, 3.8) is 0 Å². The maximum atomic E-state index is 13.1. The minimum atomic E-state index is -1.63. The van der Waals surface area contributed by atoms with Gasteiger partial charge in [-0.25, -0.2) is 4.21 Å². The number of hydrogen-bond acceptors (Lipinski definition) is 6. The first-order valence-corrected chi connectivity index (χ1v) is 15.4. The molecule has 0 fully saturated rings. The molecule has 0 spiro atoms. The molecule has 0 radical (unpaired) electrons. The average molecular weight is 567 g/mol. The molecule has 2 atom stereocenters. The van der Waals surface area contributed by atoms with Crippen LogP contribution in [0, 0.1) is 6.92 Å². The van der Waals surface area contributed by atoms with Crippen LogP contribution in [0.4, 0.5) is 0 Å². The molecule has 2 aliphatic rings. The number of rotatable bonds is 7. The van der Waals surface area contributed by atoms with Crippen LogP contribution in [0.2, 0.25) is 0 Å².